The Morgan fingerprint density at radius 2 is 2.17 bits per heavy atom. The lowest BCUT2D eigenvalue weighted by atomic mass is 9.45. The Labute approximate surface area is 142 Å². The number of nitrogens with zero attached hydrogens (tertiary/aromatic N) is 3. The van der Waals surface area contributed by atoms with E-state index in [0.29, 0.717) is 34.6 Å². The molecule has 24 heavy (non-hydrogen) atoms. The second-order valence-corrected chi connectivity index (χ2v) is 7.75. The van der Waals surface area contributed by atoms with Gasteiger partial charge < -0.3 is 4.74 Å². The zero-order valence-corrected chi connectivity index (χ0v) is 14.3. The lowest BCUT2D eigenvalue weighted by Crippen LogP contribution is -2.57. The van der Waals surface area contributed by atoms with Crippen LogP contribution in [-0.4, -0.2) is 26.8 Å². The Hall–Kier alpha value is -2.17. The number of hydrogen-bond acceptors (Lipinski definition) is 4. The van der Waals surface area contributed by atoms with Crippen LogP contribution in [0.25, 0.3) is 5.82 Å². The molecular weight excluding hydrogens is 302 g/mol. The summed E-state index contributed by atoms with van der Waals surface area (Å²) in [5, 5.41) is 4.13. The lowest BCUT2D eigenvalue weighted by molar-refractivity contribution is -0.156. The first-order valence-corrected chi connectivity index (χ1v) is 8.64. The highest BCUT2D eigenvalue weighted by Crippen LogP contribution is 2.61. The summed E-state index contributed by atoms with van der Waals surface area (Å²) in [6.45, 7) is 6.91. The van der Waals surface area contributed by atoms with Gasteiger partial charge in [0.1, 0.15) is 6.10 Å². The van der Waals surface area contributed by atoms with Crippen molar-refractivity contribution in [1.82, 2.24) is 14.8 Å². The molecule has 0 spiro atoms. The summed E-state index contributed by atoms with van der Waals surface area (Å²) in [7, 11) is 0. The Kier molecular flexibility index (Phi) is 3.48. The highest BCUT2D eigenvalue weighted by atomic mass is 16.5. The molecule has 5 heteroatoms. The third kappa shape index (κ3) is 2.34. The van der Waals surface area contributed by atoms with Gasteiger partial charge in [0, 0.05) is 18.6 Å². The molecule has 0 aliphatic heterocycles. The molecule has 0 unspecified atom stereocenters. The van der Waals surface area contributed by atoms with E-state index >= 15 is 0 Å². The van der Waals surface area contributed by atoms with Crippen LogP contribution in [0.2, 0.25) is 0 Å². The Morgan fingerprint density at radius 1 is 1.33 bits per heavy atom. The molecule has 0 amide bonds. The van der Waals surface area contributed by atoms with E-state index in [1.165, 1.54) is 6.42 Å². The number of esters is 1. The highest BCUT2D eigenvalue weighted by Gasteiger charge is 2.57. The van der Waals surface area contributed by atoms with Crippen molar-refractivity contribution in [3.8, 4) is 5.82 Å². The second kappa shape index (κ2) is 5.43. The van der Waals surface area contributed by atoms with Crippen LogP contribution in [0.4, 0.5) is 0 Å². The van der Waals surface area contributed by atoms with Crippen molar-refractivity contribution in [2.45, 2.75) is 39.7 Å². The topological polar surface area (TPSA) is 57.0 Å². The normalized spacial score (nSPS) is 30.5. The molecule has 2 aromatic rings. The van der Waals surface area contributed by atoms with Crippen LogP contribution in [0.3, 0.4) is 0 Å². The molecule has 5 nitrogen and oxygen atoms in total. The predicted molar refractivity (Wildman–Crippen MR) is 89.7 cm³/mol. The lowest BCUT2D eigenvalue weighted by Gasteiger charge is -2.61. The zero-order valence-electron chi connectivity index (χ0n) is 14.3. The number of carbonyl (C=O) groups excluding carboxylic acids is 1. The maximum atomic E-state index is 12.5. The van der Waals surface area contributed by atoms with Crippen molar-refractivity contribution in [3.63, 3.8) is 0 Å². The van der Waals surface area contributed by atoms with Crippen LogP contribution in [0, 0.1) is 23.2 Å². The molecule has 3 fully saturated rings. The number of pyridine rings is 1. The van der Waals surface area contributed by atoms with E-state index in [-0.39, 0.29) is 12.1 Å². The van der Waals surface area contributed by atoms with E-state index in [9.17, 15) is 4.79 Å². The average Bonchev–Trinajstić information content (AvgIpc) is 3.10. The van der Waals surface area contributed by atoms with E-state index in [1.54, 1.807) is 29.2 Å². The summed E-state index contributed by atoms with van der Waals surface area (Å²) in [5.74, 6) is 2.17. The maximum Gasteiger partial charge on any atom is 0.339 e. The molecular formula is C19H23N3O2. The average molecular weight is 325 g/mol. The Bertz CT molecular complexity index is 736. The molecule has 3 aliphatic carbocycles. The summed E-state index contributed by atoms with van der Waals surface area (Å²) < 4.78 is 7.47. The molecule has 126 valence electrons. The van der Waals surface area contributed by atoms with Gasteiger partial charge in [-0.1, -0.05) is 20.8 Å². The van der Waals surface area contributed by atoms with E-state index in [4.69, 9.17) is 4.74 Å². The van der Waals surface area contributed by atoms with Crippen molar-refractivity contribution in [2.75, 3.05) is 0 Å². The molecule has 0 radical (unpaired) electrons. The van der Waals surface area contributed by atoms with Crippen LogP contribution in [-0.2, 0) is 4.74 Å². The van der Waals surface area contributed by atoms with Crippen molar-refractivity contribution >= 4 is 5.97 Å². The van der Waals surface area contributed by atoms with E-state index < -0.39 is 0 Å². The van der Waals surface area contributed by atoms with Crippen LogP contribution in [0.15, 0.2) is 36.8 Å². The molecule has 2 heterocycles. The fourth-order valence-electron chi connectivity index (χ4n) is 4.51. The summed E-state index contributed by atoms with van der Waals surface area (Å²) in [5.41, 5.74) is 0.895. The van der Waals surface area contributed by atoms with Crippen molar-refractivity contribution < 1.29 is 9.53 Å². The van der Waals surface area contributed by atoms with E-state index in [0.717, 1.165) is 6.42 Å². The smallest absolute Gasteiger partial charge is 0.339 e. The minimum Gasteiger partial charge on any atom is -0.458 e. The molecule has 3 aliphatic rings. The quantitative estimate of drug-likeness (QED) is 0.811. The number of ether oxygens (including phenoxy) is 1. The first-order chi connectivity index (χ1) is 11.5. The SMILES string of the molecule is C[C@@H]1[C@H]2C[C@H](C[C@H]1OC(=O)c1ccc(-n3cccn3)nc1)C2(C)C. The zero-order chi connectivity index (χ0) is 16.9. The fourth-order valence-corrected chi connectivity index (χ4v) is 4.51. The van der Waals surface area contributed by atoms with Gasteiger partial charge >= 0.3 is 5.97 Å². The number of rotatable bonds is 3. The van der Waals surface area contributed by atoms with Gasteiger partial charge in [-0.2, -0.15) is 5.10 Å². The van der Waals surface area contributed by atoms with Gasteiger partial charge in [-0.3, -0.25) is 0 Å². The van der Waals surface area contributed by atoms with Gasteiger partial charge in [-0.15, -0.1) is 0 Å². The minimum absolute atomic E-state index is 0.0278. The number of fused-ring (bicyclic) bond motifs is 2. The fraction of sp³-hybridized carbons (Fsp3) is 0.526. The highest BCUT2D eigenvalue weighted by molar-refractivity contribution is 5.89. The Balaban J connectivity index is 1.44. The molecule has 2 aromatic heterocycles. The van der Waals surface area contributed by atoms with Gasteiger partial charge in [0.25, 0.3) is 0 Å². The van der Waals surface area contributed by atoms with Gasteiger partial charge in [-0.25, -0.2) is 14.5 Å². The molecule has 2 bridgehead atoms. The summed E-state index contributed by atoms with van der Waals surface area (Å²) >= 11 is 0. The van der Waals surface area contributed by atoms with Crippen LogP contribution in [0.5, 0.6) is 0 Å². The predicted octanol–water partition coefficient (Wildman–Crippen LogP) is 3.49. The van der Waals surface area contributed by atoms with Crippen LogP contribution >= 0.6 is 0 Å². The molecule has 5 rings (SSSR count). The summed E-state index contributed by atoms with van der Waals surface area (Å²) in [6.07, 6.45) is 7.37. The summed E-state index contributed by atoms with van der Waals surface area (Å²) in [6, 6.07) is 5.38. The van der Waals surface area contributed by atoms with Crippen molar-refractivity contribution in [3.05, 3.63) is 42.4 Å². The van der Waals surface area contributed by atoms with Crippen molar-refractivity contribution in [1.29, 1.82) is 0 Å². The molecule has 0 aromatic carbocycles. The third-order valence-corrected chi connectivity index (χ3v) is 6.27. The third-order valence-electron chi connectivity index (χ3n) is 6.27. The minimum atomic E-state index is -0.273. The largest absolute Gasteiger partial charge is 0.458 e. The molecule has 0 saturated heterocycles. The van der Waals surface area contributed by atoms with Gasteiger partial charge in [0.2, 0.25) is 0 Å². The maximum absolute atomic E-state index is 12.5. The molecule has 0 N–H and O–H groups in total. The number of carbonyl (C=O) groups is 1. The van der Waals surface area contributed by atoms with Crippen molar-refractivity contribution in [2.24, 2.45) is 23.2 Å². The second-order valence-electron chi connectivity index (χ2n) is 7.75. The van der Waals surface area contributed by atoms with Gasteiger partial charge in [-0.05, 0) is 54.2 Å². The standard InChI is InChI=1S/C19H23N3O2/c1-12-15-9-14(19(15,2)3)10-16(12)24-18(23)13-5-6-17(20-11-13)22-8-4-7-21-22/h4-8,11-12,14-16H,9-10H2,1-3H3/t12-,14-,15-,16-/m1/s1. The van der Waals surface area contributed by atoms with Gasteiger partial charge in [0.15, 0.2) is 5.82 Å². The van der Waals surface area contributed by atoms with Crippen LogP contribution < -0.4 is 0 Å². The molecule has 3 saturated carbocycles. The number of aromatic nitrogens is 3. The first-order valence-electron chi connectivity index (χ1n) is 8.64. The first kappa shape index (κ1) is 15.4. The summed E-state index contributed by atoms with van der Waals surface area (Å²) in [4.78, 5) is 16.8. The number of hydrogen-bond donors (Lipinski definition) is 0. The van der Waals surface area contributed by atoms with E-state index in [2.05, 4.69) is 30.9 Å². The van der Waals surface area contributed by atoms with Crippen LogP contribution in [0.1, 0.15) is 44.0 Å². The monoisotopic (exact) mass is 325 g/mol. The Morgan fingerprint density at radius 3 is 2.75 bits per heavy atom. The molecule has 4 atom stereocenters. The van der Waals surface area contributed by atoms with E-state index in [1.807, 2.05) is 12.3 Å². The van der Waals surface area contributed by atoms with Gasteiger partial charge in [0.05, 0.1) is 5.56 Å².